The number of rotatable bonds is 11. The van der Waals surface area contributed by atoms with Crippen LogP contribution in [-0.2, 0) is 28.4 Å². The molecule has 1 amide bonds. The number of nitrogens with zero attached hydrogens (tertiary/aromatic N) is 1. The highest BCUT2D eigenvalue weighted by Gasteiger charge is 2.32. The number of carbonyl (C=O) groups is 2. The monoisotopic (exact) mass is 691 g/mol. The number of carbonyl (C=O) groups excluding carboxylic acids is 2. The van der Waals surface area contributed by atoms with Crippen molar-refractivity contribution in [3.63, 3.8) is 0 Å². The van der Waals surface area contributed by atoms with E-state index in [0.717, 1.165) is 24.3 Å². The predicted octanol–water partition coefficient (Wildman–Crippen LogP) is 9.49. The maximum Gasteiger partial charge on any atom is 0.416 e. The van der Waals surface area contributed by atoms with E-state index in [1.54, 1.807) is 32.0 Å². The minimum Gasteiger partial charge on any atom is -0.463 e. The highest BCUT2D eigenvalue weighted by atomic mass is 35.5. The first-order valence-electron chi connectivity index (χ1n) is 14.9. The smallest absolute Gasteiger partial charge is 0.416 e. The van der Waals surface area contributed by atoms with E-state index >= 15 is 0 Å². The molecule has 6 nitrogen and oxygen atoms in total. The summed E-state index contributed by atoms with van der Waals surface area (Å²) < 4.78 is 85.4. The Bertz CT molecular complexity index is 1780. The summed E-state index contributed by atoms with van der Waals surface area (Å²) in [7, 11) is 0. The van der Waals surface area contributed by atoms with Gasteiger partial charge in [0.1, 0.15) is 5.69 Å². The molecule has 48 heavy (non-hydrogen) atoms. The number of aromatic nitrogens is 1. The van der Waals surface area contributed by atoms with Gasteiger partial charge in [-0.3, -0.25) is 14.6 Å². The van der Waals surface area contributed by atoms with Gasteiger partial charge in [0.2, 0.25) is 0 Å². The van der Waals surface area contributed by atoms with Crippen molar-refractivity contribution >= 4 is 29.2 Å². The number of hydrogen-bond donors (Lipinski definition) is 2. The summed E-state index contributed by atoms with van der Waals surface area (Å²) >= 11 is 6.51. The van der Waals surface area contributed by atoms with Crippen molar-refractivity contribution < 1.29 is 40.7 Å². The van der Waals surface area contributed by atoms with E-state index < -0.39 is 35.4 Å². The van der Waals surface area contributed by atoms with Crippen LogP contribution in [0.4, 0.5) is 32.0 Å². The lowest BCUT2D eigenvalue weighted by molar-refractivity contribution is -0.148. The highest BCUT2D eigenvalue weighted by molar-refractivity contribution is 6.33. The lowest BCUT2D eigenvalue weighted by atomic mass is 9.97. The molecule has 0 aliphatic heterocycles. The SMILES string of the molecule is CCC(C)OC(=O)CCNC(=O)c1ccc(-c2cc(C(F)(F)F)ccc2CNc2ccc(-c3ccc(C(F)(F)F)cc3C)c(Cl)c2)cn1. The number of nitrogens with one attached hydrogen (secondary N) is 2. The normalized spacial score (nSPS) is 12.4. The third-order valence-electron chi connectivity index (χ3n) is 7.56. The fraction of sp³-hybridized carbons (Fsp3) is 0.286. The number of amides is 1. The average Bonchev–Trinajstić information content (AvgIpc) is 3.03. The summed E-state index contributed by atoms with van der Waals surface area (Å²) in [5, 5.41) is 5.97. The largest absolute Gasteiger partial charge is 0.463 e. The Morgan fingerprint density at radius 3 is 2.15 bits per heavy atom. The molecule has 0 fully saturated rings. The van der Waals surface area contributed by atoms with Crippen molar-refractivity contribution in [2.45, 2.75) is 58.6 Å². The zero-order valence-corrected chi connectivity index (χ0v) is 26.9. The second-order valence-electron chi connectivity index (χ2n) is 11.1. The summed E-state index contributed by atoms with van der Waals surface area (Å²) in [6.45, 7) is 5.30. The molecule has 0 saturated carbocycles. The lowest BCUT2D eigenvalue weighted by Gasteiger charge is -2.16. The summed E-state index contributed by atoms with van der Waals surface area (Å²) in [5.41, 5.74) is 1.38. The summed E-state index contributed by atoms with van der Waals surface area (Å²) in [5.74, 6) is -1.01. The molecule has 254 valence electrons. The second kappa shape index (κ2) is 15.1. The van der Waals surface area contributed by atoms with E-state index in [1.807, 2.05) is 6.92 Å². The standard InChI is InChI=1S/C35H32ClF6N3O3/c1-4-21(3)48-32(46)13-14-43-33(47)31-12-6-23(19-45-31)29-16-25(35(40,41)42)7-5-22(29)18-44-26-9-11-28(30(36)17-26)27-10-8-24(15-20(27)2)34(37,38)39/h5-12,15-17,19,21,44H,4,13-14,18H2,1-3H3,(H,43,47). The maximum atomic E-state index is 13.6. The molecule has 3 aromatic carbocycles. The molecule has 1 aromatic heterocycles. The number of aryl methyl sites for hydroxylation is 1. The molecule has 4 rings (SSSR count). The highest BCUT2D eigenvalue weighted by Crippen LogP contribution is 2.37. The van der Waals surface area contributed by atoms with Gasteiger partial charge in [0, 0.05) is 36.1 Å². The van der Waals surface area contributed by atoms with Gasteiger partial charge in [0.15, 0.2) is 0 Å². The number of ether oxygens (including phenoxy) is 1. The third kappa shape index (κ3) is 9.27. The molecule has 13 heteroatoms. The Hall–Kier alpha value is -4.58. The van der Waals surface area contributed by atoms with Gasteiger partial charge in [-0.25, -0.2) is 0 Å². The van der Waals surface area contributed by atoms with Crippen LogP contribution in [0.1, 0.15) is 59.4 Å². The first-order chi connectivity index (χ1) is 22.6. The van der Waals surface area contributed by atoms with E-state index in [9.17, 15) is 35.9 Å². The molecule has 0 bridgehead atoms. The first kappa shape index (κ1) is 36.3. The molecule has 2 N–H and O–H groups in total. The molecule has 0 saturated heterocycles. The van der Waals surface area contributed by atoms with E-state index in [0.29, 0.717) is 39.9 Å². The van der Waals surface area contributed by atoms with Gasteiger partial charge in [-0.05, 0) is 85.0 Å². The van der Waals surface area contributed by atoms with Crippen LogP contribution in [-0.4, -0.2) is 29.5 Å². The van der Waals surface area contributed by atoms with Gasteiger partial charge < -0.3 is 15.4 Å². The van der Waals surface area contributed by atoms with Crippen LogP contribution in [0.25, 0.3) is 22.3 Å². The van der Waals surface area contributed by atoms with Crippen molar-refractivity contribution in [1.29, 1.82) is 0 Å². The molecule has 0 radical (unpaired) electrons. The van der Waals surface area contributed by atoms with Crippen molar-refractivity contribution in [3.05, 3.63) is 106 Å². The number of pyridine rings is 1. The van der Waals surface area contributed by atoms with E-state index in [1.165, 1.54) is 30.5 Å². The van der Waals surface area contributed by atoms with Crippen LogP contribution in [0.2, 0.25) is 5.02 Å². The van der Waals surface area contributed by atoms with Crippen LogP contribution >= 0.6 is 11.6 Å². The Balaban J connectivity index is 1.50. The summed E-state index contributed by atoms with van der Waals surface area (Å²) in [6, 6.07) is 14.4. The van der Waals surface area contributed by atoms with Crippen molar-refractivity contribution in [3.8, 4) is 22.3 Å². The Labute approximate surface area is 278 Å². The van der Waals surface area contributed by atoms with Gasteiger partial charge in [0.05, 0.1) is 28.7 Å². The van der Waals surface area contributed by atoms with E-state index in [4.69, 9.17) is 16.3 Å². The minimum atomic E-state index is -4.61. The molecule has 0 spiro atoms. The molecule has 1 unspecified atom stereocenters. The molecule has 0 aliphatic carbocycles. The molecule has 0 aliphatic rings. The van der Waals surface area contributed by atoms with Gasteiger partial charge in [-0.15, -0.1) is 0 Å². The summed E-state index contributed by atoms with van der Waals surface area (Å²) in [4.78, 5) is 28.5. The van der Waals surface area contributed by atoms with Crippen molar-refractivity contribution in [2.75, 3.05) is 11.9 Å². The van der Waals surface area contributed by atoms with E-state index in [-0.39, 0.29) is 41.9 Å². The molecular weight excluding hydrogens is 660 g/mol. The zero-order valence-electron chi connectivity index (χ0n) is 26.2. The topological polar surface area (TPSA) is 80.3 Å². The lowest BCUT2D eigenvalue weighted by Crippen LogP contribution is -2.28. The van der Waals surface area contributed by atoms with Gasteiger partial charge in [0.25, 0.3) is 5.91 Å². The molecular formula is C35H32ClF6N3O3. The van der Waals surface area contributed by atoms with Crippen molar-refractivity contribution in [2.24, 2.45) is 0 Å². The van der Waals surface area contributed by atoms with Crippen LogP contribution < -0.4 is 10.6 Å². The summed E-state index contributed by atoms with van der Waals surface area (Å²) in [6.07, 6.45) is -7.39. The maximum absolute atomic E-state index is 13.6. The van der Waals surface area contributed by atoms with Gasteiger partial charge >= 0.3 is 18.3 Å². The second-order valence-corrected chi connectivity index (χ2v) is 11.5. The third-order valence-corrected chi connectivity index (χ3v) is 7.88. The molecule has 4 aromatic rings. The quantitative estimate of drug-likeness (QED) is 0.121. The number of alkyl halides is 6. The predicted molar refractivity (Wildman–Crippen MR) is 171 cm³/mol. The van der Waals surface area contributed by atoms with Crippen LogP contribution in [0.3, 0.4) is 0 Å². The zero-order chi connectivity index (χ0) is 35.2. The number of benzene rings is 3. The Kier molecular flexibility index (Phi) is 11.4. The van der Waals surface area contributed by atoms with E-state index in [2.05, 4.69) is 15.6 Å². The Morgan fingerprint density at radius 2 is 1.54 bits per heavy atom. The Morgan fingerprint density at radius 1 is 0.875 bits per heavy atom. The van der Waals surface area contributed by atoms with Crippen LogP contribution in [0.5, 0.6) is 0 Å². The number of hydrogen-bond acceptors (Lipinski definition) is 5. The fourth-order valence-electron chi connectivity index (χ4n) is 4.78. The number of anilines is 1. The van der Waals surface area contributed by atoms with Gasteiger partial charge in [-0.1, -0.05) is 42.8 Å². The van der Waals surface area contributed by atoms with Crippen molar-refractivity contribution in [1.82, 2.24) is 10.3 Å². The van der Waals surface area contributed by atoms with Crippen LogP contribution in [0.15, 0.2) is 72.9 Å². The minimum absolute atomic E-state index is 0.0127. The molecule has 1 heterocycles. The van der Waals surface area contributed by atoms with Crippen LogP contribution in [0, 0.1) is 6.92 Å². The van der Waals surface area contributed by atoms with Gasteiger partial charge in [-0.2, -0.15) is 26.3 Å². The first-order valence-corrected chi connectivity index (χ1v) is 15.3. The number of esters is 1. The molecule has 1 atom stereocenters. The average molecular weight is 692 g/mol. The fourth-order valence-corrected chi connectivity index (χ4v) is 5.06. The number of halogens is 7.